The summed E-state index contributed by atoms with van der Waals surface area (Å²) in [6.45, 7) is 5.60. The molecular weight excluding hydrogens is 1110 g/mol. The molecule has 1 unspecified atom stereocenters. The molecule has 0 spiro atoms. The van der Waals surface area contributed by atoms with Gasteiger partial charge in [0.25, 0.3) is 0 Å². The SMILES string of the molecule is C[C-]1COC(CC[C@H]2C(=O)N(c3ccc(F)cc3)[C@@H]2c2ccc(O)cc2)(c2ccc(F)cc2)OC1.C[C-]1COC(CC[C@H]2C(=O)N(c3ccc(F)cc3)[C@@H]2c2ccc(OP)cc2)(c2ccc(F)cc2)OC1.[Y].[Y]. The van der Waals surface area contributed by atoms with Gasteiger partial charge < -0.3 is 38.4 Å². The van der Waals surface area contributed by atoms with Crippen LogP contribution in [-0.2, 0) is 106 Å². The minimum absolute atomic E-state index is 0. The summed E-state index contributed by atoms with van der Waals surface area (Å²) >= 11 is 0. The Morgan fingerprint density at radius 2 is 0.849 bits per heavy atom. The second-order valence-corrected chi connectivity index (χ2v) is 18.7. The molecule has 2 amide bonds. The third kappa shape index (κ3) is 12.5. The summed E-state index contributed by atoms with van der Waals surface area (Å²) in [6.07, 6.45) is 1.76. The van der Waals surface area contributed by atoms with Crippen LogP contribution in [0.2, 0.25) is 0 Å². The third-order valence-corrected chi connectivity index (χ3v) is 13.8. The van der Waals surface area contributed by atoms with Crippen LogP contribution in [0.5, 0.6) is 11.5 Å². The van der Waals surface area contributed by atoms with Crippen LogP contribution in [0.15, 0.2) is 146 Å². The maximum Gasteiger partial charge on any atom is 0.233 e. The minimum atomic E-state index is -1.08. The van der Waals surface area contributed by atoms with Crippen molar-refractivity contribution in [2.45, 2.75) is 63.2 Å². The number of carbonyl (C=O) groups is 2. The minimum Gasteiger partial charge on any atom is -0.508 e. The van der Waals surface area contributed by atoms with Gasteiger partial charge >= 0.3 is 0 Å². The summed E-state index contributed by atoms with van der Waals surface area (Å²) in [5, 5.41) is 9.75. The molecule has 4 fully saturated rings. The topological polar surface area (TPSA) is 107 Å². The van der Waals surface area contributed by atoms with Crippen molar-refractivity contribution in [3.05, 3.63) is 203 Å². The van der Waals surface area contributed by atoms with Gasteiger partial charge in [-0.05, 0) is 121 Å². The molecule has 10 nitrogen and oxygen atoms in total. The number of hydrogen-bond donors (Lipinski definition) is 1. The van der Waals surface area contributed by atoms with Crippen LogP contribution in [-0.4, -0.2) is 43.3 Å². The van der Waals surface area contributed by atoms with Gasteiger partial charge in [0.1, 0.15) is 34.8 Å². The van der Waals surface area contributed by atoms with Crippen LogP contribution >= 0.6 is 9.47 Å². The van der Waals surface area contributed by atoms with Crippen molar-refractivity contribution in [3.63, 3.8) is 0 Å². The number of rotatable bonds is 13. The van der Waals surface area contributed by atoms with Gasteiger partial charge in [0.05, 0.1) is 33.4 Å². The Morgan fingerprint density at radius 1 is 0.534 bits per heavy atom. The normalized spacial score (nSPS) is 21.4. The Hall–Kier alpha value is -3.94. The van der Waals surface area contributed by atoms with Crippen LogP contribution in [0.4, 0.5) is 28.9 Å². The number of amides is 2. The molecule has 73 heavy (non-hydrogen) atoms. The standard InChI is InChI=1S/C28H27F2NO4P.C28H26F2NO4.2Y/c1-18-16-33-28(34-17-18,20-4-6-21(29)7-5-20)15-14-25-26(19-2-12-24(35-36)13-3-19)31(27(25)32)23-10-8-22(30)9-11-23;1-18-16-34-28(35-17-18,20-4-6-21(29)7-5-20)15-14-25-26(19-2-12-24(32)13-3-19)31(27(25)33)23-10-8-22(30)9-11-23;;/h2-13,25-26H,14-17,36H2,1H3;2-13,25-26,32H,14-17H2,1H3;;/q2*-1;;/t2*25-,26-;;/m11../s1. The summed E-state index contributed by atoms with van der Waals surface area (Å²) in [5.74, 6) is -1.48. The van der Waals surface area contributed by atoms with Gasteiger partial charge in [0.15, 0.2) is 11.6 Å². The average molecular weight is 1170 g/mol. The molecule has 1 N–H and O–H groups in total. The second kappa shape index (κ2) is 24.8. The van der Waals surface area contributed by atoms with Crippen molar-refractivity contribution < 1.29 is 121 Å². The predicted octanol–water partition coefficient (Wildman–Crippen LogP) is 11.8. The molecule has 4 aliphatic rings. The number of ether oxygens (including phenoxy) is 4. The molecule has 0 bridgehead atoms. The van der Waals surface area contributed by atoms with Crippen molar-refractivity contribution in [1.29, 1.82) is 0 Å². The van der Waals surface area contributed by atoms with E-state index in [9.17, 15) is 32.3 Å². The number of nitrogens with zero attached hydrogens (tertiary/aromatic N) is 2. The van der Waals surface area contributed by atoms with Crippen LogP contribution in [0, 0.1) is 46.9 Å². The van der Waals surface area contributed by atoms with E-state index in [1.54, 1.807) is 82.6 Å². The van der Waals surface area contributed by atoms with Gasteiger partial charge in [-0.1, -0.05) is 75.0 Å². The maximum atomic E-state index is 13.6. The number of anilines is 2. The van der Waals surface area contributed by atoms with E-state index in [0.29, 0.717) is 74.8 Å². The van der Waals surface area contributed by atoms with Crippen molar-refractivity contribution in [3.8, 4) is 11.5 Å². The fourth-order valence-electron chi connectivity index (χ4n) is 9.75. The number of carbonyl (C=O) groups excluding carboxylic acids is 2. The van der Waals surface area contributed by atoms with Gasteiger partial charge in [-0.25, -0.2) is 17.6 Å². The zero-order valence-corrected chi connectivity index (χ0v) is 47.1. The van der Waals surface area contributed by atoms with Gasteiger partial charge in [-0.3, -0.25) is 21.4 Å². The molecular formula is C56H53F4N2O8PY2-2. The van der Waals surface area contributed by atoms with E-state index in [-0.39, 0.29) is 130 Å². The molecule has 4 aliphatic heterocycles. The number of phenolic OH excluding ortho intramolecular Hbond substituents is 1. The first-order valence-electron chi connectivity index (χ1n) is 23.4. The van der Waals surface area contributed by atoms with E-state index in [1.807, 2.05) is 38.1 Å². The molecule has 6 aromatic rings. The smallest absolute Gasteiger partial charge is 0.233 e. The van der Waals surface area contributed by atoms with E-state index in [2.05, 4.69) is 9.47 Å². The molecule has 4 saturated heterocycles. The Labute approximate surface area is 475 Å². The maximum absolute atomic E-state index is 13.6. The monoisotopic (exact) mass is 1170 g/mol. The molecule has 4 heterocycles. The molecule has 17 heteroatoms. The first-order valence-corrected chi connectivity index (χ1v) is 23.9. The molecule has 0 aliphatic carbocycles. The Balaban J connectivity index is 0.000000208. The Morgan fingerprint density at radius 3 is 1.18 bits per heavy atom. The molecule has 5 atom stereocenters. The van der Waals surface area contributed by atoms with E-state index in [1.165, 1.54) is 48.5 Å². The largest absolute Gasteiger partial charge is 0.508 e. The van der Waals surface area contributed by atoms with Gasteiger partial charge in [0, 0.05) is 101 Å². The van der Waals surface area contributed by atoms with E-state index in [0.717, 1.165) is 28.5 Å². The van der Waals surface area contributed by atoms with Crippen molar-refractivity contribution in [2.24, 2.45) is 11.8 Å². The zero-order chi connectivity index (χ0) is 49.9. The summed E-state index contributed by atoms with van der Waals surface area (Å²) in [5.41, 5.74) is 4.47. The molecule has 376 valence electrons. The number of phenols is 1. The van der Waals surface area contributed by atoms with Gasteiger partial charge in [-0.15, -0.1) is 0 Å². The second-order valence-electron chi connectivity index (χ2n) is 18.4. The van der Waals surface area contributed by atoms with Crippen LogP contribution in [0.25, 0.3) is 0 Å². The molecule has 2 radical (unpaired) electrons. The van der Waals surface area contributed by atoms with Gasteiger partial charge in [0.2, 0.25) is 11.8 Å². The predicted molar refractivity (Wildman–Crippen MR) is 261 cm³/mol. The number of hydrogen-bond acceptors (Lipinski definition) is 8. The number of benzene rings is 6. The Kier molecular flexibility index (Phi) is 19.3. The fraction of sp³-hybridized carbons (Fsp3) is 0.286. The van der Waals surface area contributed by atoms with E-state index >= 15 is 0 Å². The van der Waals surface area contributed by atoms with Crippen LogP contribution in [0.3, 0.4) is 0 Å². The molecule has 0 aromatic heterocycles. The zero-order valence-electron chi connectivity index (χ0n) is 40.3. The summed E-state index contributed by atoms with van der Waals surface area (Å²) < 4.78 is 84.2. The summed E-state index contributed by atoms with van der Waals surface area (Å²) in [4.78, 5) is 30.1. The van der Waals surface area contributed by atoms with Crippen LogP contribution < -0.4 is 14.3 Å². The van der Waals surface area contributed by atoms with Crippen molar-refractivity contribution in [2.75, 3.05) is 36.2 Å². The fourth-order valence-corrected chi connectivity index (χ4v) is 9.91. The molecule has 0 saturated carbocycles. The number of halogens is 4. The molecule has 10 rings (SSSR count). The first kappa shape index (κ1) is 56.8. The first-order chi connectivity index (χ1) is 34.3. The van der Waals surface area contributed by atoms with E-state index < -0.39 is 11.6 Å². The number of β-lactam (4-membered cyclic amide) rings is 2. The van der Waals surface area contributed by atoms with Gasteiger partial charge in [-0.2, -0.15) is 13.8 Å². The average Bonchev–Trinajstić information content (AvgIpc) is 3.38. The van der Waals surface area contributed by atoms with E-state index in [4.69, 9.17) is 23.5 Å². The van der Waals surface area contributed by atoms with Crippen molar-refractivity contribution >= 4 is 32.7 Å². The summed E-state index contributed by atoms with van der Waals surface area (Å²) in [6, 6.07) is 37.7. The Bertz CT molecular complexity index is 2770. The quantitative estimate of drug-likeness (QED) is 0.0527. The molecule has 6 aromatic carbocycles. The number of aromatic hydroxyl groups is 1. The van der Waals surface area contributed by atoms with Crippen LogP contribution in [0.1, 0.15) is 73.9 Å². The third-order valence-electron chi connectivity index (χ3n) is 13.6. The van der Waals surface area contributed by atoms with Crippen molar-refractivity contribution in [1.82, 2.24) is 0 Å². The summed E-state index contributed by atoms with van der Waals surface area (Å²) in [7, 11) is 2.22.